The summed E-state index contributed by atoms with van der Waals surface area (Å²) < 4.78 is 27.3. The maximum Gasteiger partial charge on any atom is 0.256 e. The second-order valence-corrected chi connectivity index (χ2v) is 5.66. The van der Waals surface area contributed by atoms with Crippen molar-refractivity contribution in [3.8, 4) is 0 Å². The van der Waals surface area contributed by atoms with Crippen molar-refractivity contribution >= 4 is 51.8 Å². The molecule has 104 valence electrons. The molecule has 0 aromatic heterocycles. The van der Waals surface area contributed by atoms with E-state index in [1.165, 1.54) is 6.07 Å². The van der Waals surface area contributed by atoms with Crippen LogP contribution < -0.4 is 5.32 Å². The largest absolute Gasteiger partial charge is 0.318 e. The Hall–Kier alpha value is -1.11. The average molecular weight is 379 g/mol. The Morgan fingerprint density at radius 3 is 2.55 bits per heavy atom. The molecule has 2 aromatic rings. The Labute approximate surface area is 132 Å². The van der Waals surface area contributed by atoms with Crippen LogP contribution in [0.5, 0.6) is 0 Å². The van der Waals surface area contributed by atoms with Gasteiger partial charge in [0.2, 0.25) is 0 Å². The molecule has 2 nitrogen and oxygen atoms in total. The maximum atomic E-state index is 13.6. The number of thiol groups is 1. The Bertz CT molecular complexity index is 673. The molecule has 2 aromatic carbocycles. The van der Waals surface area contributed by atoms with E-state index in [0.29, 0.717) is 11.0 Å². The van der Waals surface area contributed by atoms with Gasteiger partial charge in [-0.15, -0.1) is 12.6 Å². The zero-order chi connectivity index (χ0) is 14.9. The molecule has 0 fully saturated rings. The number of nitrogens with one attached hydrogen (secondary N) is 1. The van der Waals surface area contributed by atoms with Crippen LogP contribution in [-0.4, -0.2) is 5.91 Å². The fourth-order valence-electron chi connectivity index (χ4n) is 1.54. The first-order chi connectivity index (χ1) is 9.38. The Balaban J connectivity index is 2.33. The highest BCUT2D eigenvalue weighted by atomic mass is 79.9. The van der Waals surface area contributed by atoms with Crippen LogP contribution in [0.4, 0.5) is 14.5 Å². The third-order valence-corrected chi connectivity index (χ3v) is 3.61. The minimum absolute atomic E-state index is 0.214. The molecule has 0 aliphatic carbocycles. The molecule has 1 N–H and O–H groups in total. The smallest absolute Gasteiger partial charge is 0.256 e. The van der Waals surface area contributed by atoms with Crippen LogP contribution in [0, 0.1) is 11.6 Å². The number of anilines is 1. The first-order valence-electron chi connectivity index (χ1n) is 5.33. The van der Waals surface area contributed by atoms with Crippen molar-refractivity contribution < 1.29 is 13.6 Å². The summed E-state index contributed by atoms with van der Waals surface area (Å²) in [6, 6.07) is 6.36. The molecule has 0 radical (unpaired) electrons. The van der Waals surface area contributed by atoms with Gasteiger partial charge in [-0.25, -0.2) is 8.78 Å². The number of hydrogen-bond donors (Lipinski definition) is 2. The normalized spacial score (nSPS) is 10.4. The second kappa shape index (κ2) is 6.11. The molecule has 0 spiro atoms. The van der Waals surface area contributed by atoms with Gasteiger partial charge in [0.15, 0.2) is 5.82 Å². The van der Waals surface area contributed by atoms with Crippen molar-refractivity contribution in [2.75, 3.05) is 5.32 Å². The highest BCUT2D eigenvalue weighted by Gasteiger charge is 2.16. The van der Waals surface area contributed by atoms with E-state index in [0.717, 1.165) is 10.5 Å². The van der Waals surface area contributed by atoms with Crippen molar-refractivity contribution in [3.63, 3.8) is 0 Å². The van der Waals surface area contributed by atoms with E-state index in [2.05, 4.69) is 33.9 Å². The summed E-state index contributed by atoms with van der Waals surface area (Å²) in [5.74, 6) is -2.35. The summed E-state index contributed by atoms with van der Waals surface area (Å²) in [5.41, 5.74) is -0.0231. The summed E-state index contributed by atoms with van der Waals surface area (Å²) in [7, 11) is 0. The Morgan fingerprint density at radius 2 is 1.95 bits per heavy atom. The SMILES string of the molecule is O=C(Nc1c(F)cc(F)cc1Cl)c1ccc(Br)cc1S. The number of hydrogen-bond acceptors (Lipinski definition) is 2. The van der Waals surface area contributed by atoms with E-state index in [1.807, 2.05) is 0 Å². The molecule has 0 bridgehead atoms. The van der Waals surface area contributed by atoms with Gasteiger partial charge in [-0.1, -0.05) is 27.5 Å². The van der Waals surface area contributed by atoms with Crippen LogP contribution in [0.15, 0.2) is 39.7 Å². The molecular formula is C13H7BrClF2NOS. The van der Waals surface area contributed by atoms with Crippen LogP contribution in [0.3, 0.4) is 0 Å². The van der Waals surface area contributed by atoms with Gasteiger partial charge in [-0.3, -0.25) is 4.79 Å². The lowest BCUT2D eigenvalue weighted by atomic mass is 10.2. The van der Waals surface area contributed by atoms with Crippen molar-refractivity contribution in [2.45, 2.75) is 4.90 Å². The van der Waals surface area contributed by atoms with Gasteiger partial charge in [0.05, 0.1) is 16.3 Å². The van der Waals surface area contributed by atoms with Gasteiger partial charge < -0.3 is 5.32 Å². The molecule has 0 aliphatic heterocycles. The number of amides is 1. The van der Waals surface area contributed by atoms with Gasteiger partial charge >= 0.3 is 0 Å². The van der Waals surface area contributed by atoms with Gasteiger partial charge in [0.1, 0.15) is 5.82 Å². The van der Waals surface area contributed by atoms with Gasteiger partial charge in [0, 0.05) is 15.4 Å². The van der Waals surface area contributed by atoms with Crippen LogP contribution in [0.1, 0.15) is 10.4 Å². The monoisotopic (exact) mass is 377 g/mol. The standard InChI is InChI=1S/C13H7BrClF2NOS/c14-6-1-2-8(11(20)3-6)13(19)18-12-9(15)4-7(16)5-10(12)17/h1-5,20H,(H,18,19). The first kappa shape index (κ1) is 15.3. The third-order valence-electron chi connectivity index (χ3n) is 2.45. The molecule has 1 amide bonds. The Kier molecular flexibility index (Phi) is 4.67. The van der Waals surface area contributed by atoms with Gasteiger partial charge in [-0.2, -0.15) is 0 Å². The van der Waals surface area contributed by atoms with E-state index in [-0.39, 0.29) is 16.3 Å². The summed E-state index contributed by atoms with van der Waals surface area (Å²) in [4.78, 5) is 12.5. The lowest BCUT2D eigenvalue weighted by molar-refractivity contribution is 0.102. The number of halogens is 4. The highest BCUT2D eigenvalue weighted by Crippen LogP contribution is 2.28. The van der Waals surface area contributed by atoms with Crippen molar-refractivity contribution in [1.82, 2.24) is 0 Å². The van der Waals surface area contributed by atoms with E-state index in [1.54, 1.807) is 12.1 Å². The highest BCUT2D eigenvalue weighted by molar-refractivity contribution is 9.10. The number of rotatable bonds is 2. The molecular weight excluding hydrogens is 372 g/mol. The zero-order valence-corrected chi connectivity index (χ0v) is 13.0. The number of carbonyl (C=O) groups excluding carboxylic acids is 1. The van der Waals surface area contributed by atoms with Crippen molar-refractivity contribution in [2.24, 2.45) is 0 Å². The average Bonchev–Trinajstić information content (AvgIpc) is 2.33. The fourth-order valence-corrected chi connectivity index (χ4v) is 2.63. The third kappa shape index (κ3) is 3.31. The second-order valence-electron chi connectivity index (χ2n) is 3.86. The molecule has 0 heterocycles. The van der Waals surface area contributed by atoms with Gasteiger partial charge in [-0.05, 0) is 24.3 Å². The molecule has 0 aliphatic rings. The fraction of sp³-hybridized carbons (Fsp3) is 0. The molecule has 7 heteroatoms. The molecule has 0 saturated heterocycles. The minimum atomic E-state index is -0.943. The number of carbonyl (C=O) groups is 1. The van der Waals surface area contributed by atoms with Crippen LogP contribution in [0.25, 0.3) is 0 Å². The van der Waals surface area contributed by atoms with Crippen LogP contribution in [-0.2, 0) is 0 Å². The molecule has 2 rings (SSSR count). The minimum Gasteiger partial charge on any atom is -0.318 e. The quantitative estimate of drug-likeness (QED) is 0.714. The van der Waals surface area contributed by atoms with Crippen LogP contribution >= 0.6 is 40.2 Å². The summed E-state index contributed by atoms with van der Waals surface area (Å²) in [6.07, 6.45) is 0. The molecule has 0 unspecified atom stereocenters. The van der Waals surface area contributed by atoms with E-state index >= 15 is 0 Å². The van der Waals surface area contributed by atoms with E-state index in [4.69, 9.17) is 11.6 Å². The lowest BCUT2D eigenvalue weighted by Gasteiger charge is -2.10. The summed E-state index contributed by atoms with van der Waals surface area (Å²) >= 11 is 13.1. The van der Waals surface area contributed by atoms with Gasteiger partial charge in [0.25, 0.3) is 5.91 Å². The molecule has 0 saturated carbocycles. The first-order valence-corrected chi connectivity index (χ1v) is 6.94. The van der Waals surface area contributed by atoms with Crippen molar-refractivity contribution in [3.05, 3.63) is 57.0 Å². The van der Waals surface area contributed by atoms with Crippen molar-refractivity contribution in [1.29, 1.82) is 0 Å². The molecule has 20 heavy (non-hydrogen) atoms. The Morgan fingerprint density at radius 1 is 1.25 bits per heavy atom. The maximum absolute atomic E-state index is 13.6. The lowest BCUT2D eigenvalue weighted by Crippen LogP contribution is -2.14. The predicted molar refractivity (Wildman–Crippen MR) is 80.7 cm³/mol. The number of benzene rings is 2. The zero-order valence-electron chi connectivity index (χ0n) is 9.75. The summed E-state index contributed by atoms with van der Waals surface area (Å²) in [6.45, 7) is 0. The predicted octanol–water partition coefficient (Wildman–Crippen LogP) is 4.92. The summed E-state index contributed by atoms with van der Waals surface area (Å²) in [5, 5.41) is 2.09. The topological polar surface area (TPSA) is 29.1 Å². The van der Waals surface area contributed by atoms with E-state index in [9.17, 15) is 13.6 Å². The molecule has 0 atom stereocenters. The van der Waals surface area contributed by atoms with E-state index < -0.39 is 17.5 Å². The van der Waals surface area contributed by atoms with Crippen LogP contribution in [0.2, 0.25) is 5.02 Å².